The van der Waals surface area contributed by atoms with Crippen molar-refractivity contribution in [1.82, 2.24) is 9.88 Å². The number of para-hydroxylation sites is 1. The quantitative estimate of drug-likeness (QED) is 0.752. The van der Waals surface area contributed by atoms with Crippen molar-refractivity contribution in [1.29, 1.82) is 0 Å². The van der Waals surface area contributed by atoms with E-state index < -0.39 is 16.1 Å². The molecule has 1 aliphatic heterocycles. The second kappa shape index (κ2) is 6.05. The summed E-state index contributed by atoms with van der Waals surface area (Å²) in [6, 6.07) is 12.1. The molecule has 4 rings (SSSR count). The molecule has 0 saturated carbocycles. The predicted molar refractivity (Wildman–Crippen MR) is 90.7 cm³/mol. The van der Waals surface area contributed by atoms with E-state index in [1.54, 1.807) is 31.2 Å². The first kappa shape index (κ1) is 15.9. The first-order chi connectivity index (χ1) is 12.0. The molecule has 1 aromatic heterocycles. The Bertz CT molecular complexity index is 1030. The molecule has 0 saturated heterocycles. The van der Waals surface area contributed by atoms with Crippen molar-refractivity contribution < 1.29 is 22.4 Å². The third-order valence-electron chi connectivity index (χ3n) is 4.03. The lowest BCUT2D eigenvalue weighted by Gasteiger charge is -2.14. The third-order valence-corrected chi connectivity index (χ3v) is 5.40. The fraction of sp³-hybridized carbons (Fsp3) is 0.235. The average molecular weight is 360 g/mol. The minimum absolute atomic E-state index is 0.179. The topological polar surface area (TPSA) is 90.7 Å². The first-order valence-electron chi connectivity index (χ1n) is 7.75. The number of benzene rings is 2. The smallest absolute Gasteiger partial charge is 0.231 e. The van der Waals surface area contributed by atoms with E-state index in [4.69, 9.17) is 14.0 Å². The summed E-state index contributed by atoms with van der Waals surface area (Å²) in [4.78, 5) is 0. The van der Waals surface area contributed by atoms with E-state index in [9.17, 15) is 8.42 Å². The molecule has 0 radical (unpaired) electrons. The minimum Gasteiger partial charge on any atom is -0.454 e. The van der Waals surface area contributed by atoms with Gasteiger partial charge < -0.3 is 14.0 Å². The lowest BCUT2D eigenvalue weighted by atomic mass is 10.1. The van der Waals surface area contributed by atoms with Crippen molar-refractivity contribution >= 4 is 21.0 Å². The van der Waals surface area contributed by atoms with Gasteiger partial charge in [0, 0.05) is 11.4 Å². The molecule has 1 aliphatic rings. The minimum atomic E-state index is -3.60. The number of rotatable bonds is 5. The second-order valence-corrected chi connectivity index (χ2v) is 7.59. The largest absolute Gasteiger partial charge is 0.454 e. The second-order valence-electron chi connectivity index (χ2n) is 5.84. The SMILES string of the molecule is C[C@@H](NS(=O)(=O)Cc1noc2ccccc12)c1ccc2c(c1)OCO2. The Labute approximate surface area is 144 Å². The Morgan fingerprint density at radius 3 is 2.84 bits per heavy atom. The zero-order valence-corrected chi connectivity index (χ0v) is 14.2. The molecule has 8 heteroatoms. The maximum Gasteiger partial charge on any atom is 0.231 e. The van der Waals surface area contributed by atoms with Crippen molar-refractivity contribution in [3.05, 3.63) is 53.7 Å². The highest BCUT2D eigenvalue weighted by Crippen LogP contribution is 2.34. The van der Waals surface area contributed by atoms with Gasteiger partial charge >= 0.3 is 0 Å². The molecule has 25 heavy (non-hydrogen) atoms. The van der Waals surface area contributed by atoms with E-state index in [1.165, 1.54) is 0 Å². The molecule has 0 spiro atoms. The molecule has 7 nitrogen and oxygen atoms in total. The number of hydrogen-bond donors (Lipinski definition) is 1. The number of aromatic nitrogens is 1. The first-order valence-corrected chi connectivity index (χ1v) is 9.40. The summed E-state index contributed by atoms with van der Waals surface area (Å²) in [7, 11) is -3.60. The molecular weight excluding hydrogens is 344 g/mol. The van der Waals surface area contributed by atoms with Crippen LogP contribution in [0.25, 0.3) is 11.0 Å². The van der Waals surface area contributed by atoms with E-state index in [0.717, 1.165) is 5.56 Å². The highest BCUT2D eigenvalue weighted by atomic mass is 32.2. The molecular formula is C17H16N2O5S. The highest BCUT2D eigenvalue weighted by molar-refractivity contribution is 7.88. The molecule has 3 aromatic rings. The van der Waals surface area contributed by atoms with Gasteiger partial charge in [-0.3, -0.25) is 0 Å². The van der Waals surface area contributed by atoms with E-state index in [-0.39, 0.29) is 12.5 Å². The molecule has 1 N–H and O–H groups in total. The number of sulfonamides is 1. The van der Waals surface area contributed by atoms with Crippen LogP contribution in [0.1, 0.15) is 24.2 Å². The maximum atomic E-state index is 12.5. The Morgan fingerprint density at radius 2 is 1.96 bits per heavy atom. The molecule has 0 unspecified atom stereocenters. The van der Waals surface area contributed by atoms with Gasteiger partial charge in [0.1, 0.15) is 11.4 Å². The van der Waals surface area contributed by atoms with E-state index in [1.807, 2.05) is 18.2 Å². The van der Waals surface area contributed by atoms with Crippen molar-refractivity contribution in [2.24, 2.45) is 0 Å². The van der Waals surface area contributed by atoms with Crippen LogP contribution in [0.5, 0.6) is 11.5 Å². The van der Waals surface area contributed by atoms with Crippen LogP contribution in [0.4, 0.5) is 0 Å². The van der Waals surface area contributed by atoms with Crippen LogP contribution in [-0.4, -0.2) is 20.4 Å². The van der Waals surface area contributed by atoms with Gasteiger partial charge in [-0.05, 0) is 36.8 Å². The lowest BCUT2D eigenvalue weighted by molar-refractivity contribution is 0.174. The van der Waals surface area contributed by atoms with Gasteiger partial charge in [0.25, 0.3) is 0 Å². The number of ether oxygens (including phenoxy) is 2. The van der Waals surface area contributed by atoms with Crippen LogP contribution in [0.15, 0.2) is 47.0 Å². The zero-order valence-electron chi connectivity index (χ0n) is 13.4. The molecule has 0 amide bonds. The van der Waals surface area contributed by atoms with Crippen LogP contribution in [0.2, 0.25) is 0 Å². The molecule has 1 atom stereocenters. The van der Waals surface area contributed by atoms with E-state index in [2.05, 4.69) is 9.88 Å². The summed E-state index contributed by atoms with van der Waals surface area (Å²) in [5.41, 5.74) is 1.75. The Kier molecular flexibility index (Phi) is 3.85. The van der Waals surface area contributed by atoms with Gasteiger partial charge in [0.2, 0.25) is 16.8 Å². The van der Waals surface area contributed by atoms with Crippen LogP contribution in [0.3, 0.4) is 0 Å². The lowest BCUT2D eigenvalue weighted by Crippen LogP contribution is -2.28. The molecule has 0 aliphatic carbocycles. The number of nitrogens with zero attached hydrogens (tertiary/aromatic N) is 1. The summed E-state index contributed by atoms with van der Waals surface area (Å²) < 4.78 is 43.4. The Morgan fingerprint density at radius 1 is 1.16 bits per heavy atom. The normalized spacial score (nSPS) is 14.8. The van der Waals surface area contributed by atoms with Gasteiger partial charge in [-0.15, -0.1) is 0 Å². The fourth-order valence-corrected chi connectivity index (χ4v) is 4.11. The molecule has 0 bridgehead atoms. The van der Waals surface area contributed by atoms with Crippen molar-refractivity contribution in [3.8, 4) is 11.5 Å². The zero-order chi connectivity index (χ0) is 17.4. The van der Waals surface area contributed by atoms with Crippen molar-refractivity contribution in [2.75, 3.05) is 6.79 Å². The van der Waals surface area contributed by atoms with Gasteiger partial charge in [0.05, 0.1) is 0 Å². The summed E-state index contributed by atoms with van der Waals surface area (Å²) >= 11 is 0. The van der Waals surface area contributed by atoms with Gasteiger partial charge in [0.15, 0.2) is 17.1 Å². The molecule has 2 aromatic carbocycles. The molecule has 0 fully saturated rings. The van der Waals surface area contributed by atoms with Crippen LogP contribution >= 0.6 is 0 Å². The van der Waals surface area contributed by atoms with Crippen molar-refractivity contribution in [3.63, 3.8) is 0 Å². The summed E-state index contributed by atoms with van der Waals surface area (Å²) in [6.45, 7) is 1.95. The van der Waals surface area contributed by atoms with Gasteiger partial charge in [-0.1, -0.05) is 23.4 Å². The van der Waals surface area contributed by atoms with Crippen LogP contribution in [0, 0.1) is 0 Å². The van der Waals surface area contributed by atoms with E-state index >= 15 is 0 Å². The standard InChI is InChI=1S/C17H16N2O5S/c1-11(12-6-7-16-17(8-12)23-10-22-16)19-25(20,21)9-14-13-4-2-3-5-15(13)24-18-14/h2-8,11,19H,9-10H2,1H3/t11-/m1/s1. The number of nitrogens with one attached hydrogen (secondary N) is 1. The predicted octanol–water partition coefficient (Wildman–Crippen LogP) is 2.74. The average Bonchev–Trinajstić information content (AvgIpc) is 3.20. The Hall–Kier alpha value is -2.58. The summed E-state index contributed by atoms with van der Waals surface area (Å²) in [6.07, 6.45) is 0. The van der Waals surface area contributed by atoms with Crippen LogP contribution < -0.4 is 14.2 Å². The van der Waals surface area contributed by atoms with E-state index in [0.29, 0.717) is 28.2 Å². The molecule has 130 valence electrons. The molecule has 2 heterocycles. The van der Waals surface area contributed by atoms with Gasteiger partial charge in [-0.2, -0.15) is 0 Å². The van der Waals surface area contributed by atoms with Crippen molar-refractivity contribution in [2.45, 2.75) is 18.7 Å². The van der Waals surface area contributed by atoms with Gasteiger partial charge in [-0.25, -0.2) is 13.1 Å². The maximum absolute atomic E-state index is 12.5. The Balaban J connectivity index is 1.52. The third kappa shape index (κ3) is 3.18. The highest BCUT2D eigenvalue weighted by Gasteiger charge is 2.22. The number of fused-ring (bicyclic) bond motifs is 2. The fourth-order valence-electron chi connectivity index (χ4n) is 2.78. The summed E-state index contributed by atoms with van der Waals surface area (Å²) in [5.74, 6) is 1.03. The monoisotopic (exact) mass is 360 g/mol. The summed E-state index contributed by atoms with van der Waals surface area (Å²) in [5, 5.41) is 4.57. The number of hydrogen-bond acceptors (Lipinski definition) is 6. The van der Waals surface area contributed by atoms with Crippen LogP contribution in [-0.2, 0) is 15.8 Å².